The molecular weight excluding hydrogens is 474 g/mol. The van der Waals surface area contributed by atoms with Gasteiger partial charge >= 0.3 is 0 Å². The fourth-order valence-corrected chi connectivity index (χ4v) is 5.12. The Morgan fingerprint density at radius 1 is 1.14 bits per heavy atom. The lowest BCUT2D eigenvalue weighted by atomic mass is 9.93. The molecule has 2 N–H and O–H groups in total. The summed E-state index contributed by atoms with van der Waals surface area (Å²) >= 11 is 1.46. The van der Waals surface area contributed by atoms with Crippen LogP contribution in [0, 0.1) is 0 Å². The Labute approximate surface area is 216 Å². The first-order valence-corrected chi connectivity index (χ1v) is 12.6. The molecule has 0 saturated heterocycles. The van der Waals surface area contributed by atoms with Crippen molar-refractivity contribution in [2.75, 3.05) is 39.6 Å². The van der Waals surface area contributed by atoms with Gasteiger partial charge in [0.1, 0.15) is 5.75 Å². The van der Waals surface area contributed by atoms with Crippen molar-refractivity contribution in [3.8, 4) is 5.75 Å². The molecule has 4 rings (SSSR count). The number of nitrogens with zero attached hydrogens (tertiary/aromatic N) is 3. The molecule has 2 aliphatic rings. The number of rotatable bonds is 9. The van der Waals surface area contributed by atoms with E-state index < -0.39 is 6.04 Å². The summed E-state index contributed by atoms with van der Waals surface area (Å²) in [5.41, 5.74) is 3.54. The minimum Gasteiger partial charge on any atom is -0.497 e. The van der Waals surface area contributed by atoms with Gasteiger partial charge in [0.05, 0.1) is 30.8 Å². The lowest BCUT2D eigenvalue weighted by molar-refractivity contribution is -0.120. The van der Waals surface area contributed by atoms with Crippen molar-refractivity contribution in [1.82, 2.24) is 15.1 Å². The Kier molecular flexibility index (Phi) is 8.12. The molecular formula is C27H31N5O3S. The summed E-state index contributed by atoms with van der Waals surface area (Å²) in [6.45, 7) is 3.17. The largest absolute Gasteiger partial charge is 0.497 e. The number of benzene rings is 2. The number of hydrogen-bond acceptors (Lipinski definition) is 7. The smallest absolute Gasteiger partial charge is 0.255 e. The number of fused-ring (bicyclic) bond motifs is 1. The van der Waals surface area contributed by atoms with Crippen molar-refractivity contribution < 1.29 is 14.3 Å². The lowest BCUT2D eigenvalue weighted by Crippen LogP contribution is -2.39. The molecule has 2 amide bonds. The number of thioether (sulfide) groups is 1. The Hall–Kier alpha value is -3.56. The van der Waals surface area contributed by atoms with Crippen LogP contribution in [0.3, 0.4) is 0 Å². The summed E-state index contributed by atoms with van der Waals surface area (Å²) in [6, 6.07) is 16.6. The quantitative estimate of drug-likeness (QED) is 0.536. The zero-order chi connectivity index (χ0) is 25.7. The molecule has 188 valence electrons. The molecule has 0 bridgehead atoms. The highest BCUT2D eigenvalue weighted by Crippen LogP contribution is 2.45. The number of nitrogens with one attached hydrogen (secondary N) is 2. The highest BCUT2D eigenvalue weighted by molar-refractivity contribution is 8.16. The van der Waals surface area contributed by atoms with Crippen molar-refractivity contribution in [3.05, 3.63) is 82.5 Å². The van der Waals surface area contributed by atoms with E-state index in [1.165, 1.54) is 11.8 Å². The monoisotopic (exact) mass is 505 g/mol. The summed E-state index contributed by atoms with van der Waals surface area (Å²) in [7, 11) is 5.55. The molecule has 9 heteroatoms. The number of allylic oxidation sites excluding steroid dienone is 1. The van der Waals surface area contributed by atoms with E-state index in [2.05, 4.69) is 10.6 Å². The Bertz CT molecular complexity index is 1220. The van der Waals surface area contributed by atoms with E-state index in [1.54, 1.807) is 7.11 Å². The average molecular weight is 506 g/mol. The van der Waals surface area contributed by atoms with E-state index in [1.807, 2.05) is 90.8 Å². The van der Waals surface area contributed by atoms with Crippen LogP contribution in [0.25, 0.3) is 0 Å². The number of anilines is 1. The van der Waals surface area contributed by atoms with E-state index in [4.69, 9.17) is 9.73 Å². The van der Waals surface area contributed by atoms with Gasteiger partial charge in [-0.1, -0.05) is 42.1 Å². The molecule has 2 heterocycles. The maximum Gasteiger partial charge on any atom is 0.255 e. The second kappa shape index (κ2) is 11.5. The fourth-order valence-electron chi connectivity index (χ4n) is 4.15. The number of hydrogen-bond donors (Lipinski definition) is 2. The first kappa shape index (κ1) is 25.5. The highest BCUT2D eigenvalue weighted by atomic mass is 32.2. The molecule has 0 fully saturated rings. The number of para-hydroxylation sites is 1. The number of aliphatic imine (C=N–C) groups is 1. The predicted molar refractivity (Wildman–Crippen MR) is 145 cm³/mol. The number of amidine groups is 1. The standard InChI is InChI=1S/C27H31N5O3S/c1-18-24(26(34)30-20-10-6-5-7-11-20)25(19-9-8-12-22(15-19)35-4)32-21(17-36-27(32)29-18)16-23(33)28-13-14-31(2)3/h5-12,15,17,25H,13-14,16H2,1-4H3,(H,28,33)(H,30,34)/t25-/m0/s1. The van der Waals surface area contributed by atoms with E-state index >= 15 is 0 Å². The topological polar surface area (TPSA) is 86.3 Å². The first-order chi connectivity index (χ1) is 17.4. The van der Waals surface area contributed by atoms with Gasteiger partial charge < -0.3 is 25.2 Å². The second-order valence-electron chi connectivity index (χ2n) is 8.82. The molecule has 0 aliphatic carbocycles. The van der Waals surface area contributed by atoms with E-state index in [0.717, 1.165) is 23.0 Å². The van der Waals surface area contributed by atoms with Gasteiger partial charge in [0.2, 0.25) is 5.91 Å². The number of carbonyl (C=O) groups is 2. The molecule has 0 saturated carbocycles. The van der Waals surface area contributed by atoms with Crippen molar-refractivity contribution in [1.29, 1.82) is 0 Å². The summed E-state index contributed by atoms with van der Waals surface area (Å²) in [4.78, 5) is 35.2. The van der Waals surface area contributed by atoms with Crippen molar-refractivity contribution in [2.45, 2.75) is 19.4 Å². The molecule has 2 aromatic carbocycles. The van der Waals surface area contributed by atoms with Gasteiger partial charge in [0, 0.05) is 24.5 Å². The predicted octanol–water partition coefficient (Wildman–Crippen LogP) is 3.98. The number of ether oxygens (including phenoxy) is 1. The summed E-state index contributed by atoms with van der Waals surface area (Å²) in [6.07, 6.45) is 0.187. The third-order valence-corrected chi connectivity index (χ3v) is 6.80. The molecule has 0 unspecified atom stereocenters. The van der Waals surface area contributed by atoms with Gasteiger partial charge in [0.25, 0.3) is 5.91 Å². The molecule has 2 aromatic rings. The normalized spacial score (nSPS) is 16.9. The minimum atomic E-state index is -0.466. The van der Waals surface area contributed by atoms with Gasteiger partial charge in [0.15, 0.2) is 5.17 Å². The van der Waals surface area contributed by atoms with E-state index in [0.29, 0.717) is 29.3 Å². The van der Waals surface area contributed by atoms with E-state index in [-0.39, 0.29) is 18.2 Å². The van der Waals surface area contributed by atoms with Crippen LogP contribution in [0.4, 0.5) is 5.69 Å². The minimum absolute atomic E-state index is 0.0732. The maximum atomic E-state index is 13.6. The van der Waals surface area contributed by atoms with Crippen LogP contribution in [-0.2, 0) is 9.59 Å². The Balaban J connectivity index is 1.67. The number of likely N-dealkylation sites (N-methyl/N-ethyl adjacent to an activating group) is 1. The molecule has 8 nitrogen and oxygen atoms in total. The summed E-state index contributed by atoms with van der Waals surface area (Å²) in [5.74, 6) is 0.382. The Morgan fingerprint density at radius 2 is 1.92 bits per heavy atom. The third-order valence-electron chi connectivity index (χ3n) is 5.91. The zero-order valence-electron chi connectivity index (χ0n) is 20.9. The fraction of sp³-hybridized carbons (Fsp3) is 0.296. The van der Waals surface area contributed by atoms with Crippen LogP contribution in [0.1, 0.15) is 24.9 Å². The SMILES string of the molecule is COc1cccc([C@H]2C(C(=O)Nc3ccccc3)=C(C)N=C3SC=C(CC(=O)NCCN(C)C)N32)c1. The summed E-state index contributed by atoms with van der Waals surface area (Å²) < 4.78 is 5.48. The number of amides is 2. The molecule has 1 atom stereocenters. The summed E-state index contributed by atoms with van der Waals surface area (Å²) in [5, 5.41) is 8.68. The number of methoxy groups -OCH3 is 1. The van der Waals surface area contributed by atoms with Crippen LogP contribution in [0.15, 0.2) is 82.0 Å². The molecule has 0 aromatic heterocycles. The lowest BCUT2D eigenvalue weighted by Gasteiger charge is -2.36. The van der Waals surface area contributed by atoms with Gasteiger partial charge in [-0.3, -0.25) is 9.59 Å². The van der Waals surface area contributed by atoms with Gasteiger partial charge in [-0.2, -0.15) is 0 Å². The molecule has 36 heavy (non-hydrogen) atoms. The van der Waals surface area contributed by atoms with Crippen LogP contribution < -0.4 is 15.4 Å². The van der Waals surface area contributed by atoms with Crippen LogP contribution in [0.2, 0.25) is 0 Å². The highest BCUT2D eigenvalue weighted by Gasteiger charge is 2.40. The third kappa shape index (κ3) is 5.80. The molecule has 2 aliphatic heterocycles. The van der Waals surface area contributed by atoms with Gasteiger partial charge in [-0.05, 0) is 56.3 Å². The van der Waals surface area contributed by atoms with Crippen LogP contribution in [-0.4, -0.2) is 61.1 Å². The molecule has 0 radical (unpaired) electrons. The number of carbonyl (C=O) groups excluding carboxylic acids is 2. The van der Waals surface area contributed by atoms with Gasteiger partial charge in [-0.15, -0.1) is 0 Å². The second-order valence-corrected chi connectivity index (χ2v) is 9.66. The van der Waals surface area contributed by atoms with Crippen LogP contribution >= 0.6 is 11.8 Å². The zero-order valence-corrected chi connectivity index (χ0v) is 21.8. The van der Waals surface area contributed by atoms with Crippen LogP contribution in [0.5, 0.6) is 5.75 Å². The van der Waals surface area contributed by atoms with Crippen molar-refractivity contribution >= 4 is 34.4 Å². The van der Waals surface area contributed by atoms with Crippen molar-refractivity contribution in [2.24, 2.45) is 4.99 Å². The Morgan fingerprint density at radius 3 is 2.64 bits per heavy atom. The average Bonchev–Trinajstić information content (AvgIpc) is 3.25. The maximum absolute atomic E-state index is 13.6. The van der Waals surface area contributed by atoms with E-state index in [9.17, 15) is 9.59 Å². The molecule has 0 spiro atoms. The first-order valence-electron chi connectivity index (χ1n) is 11.7. The van der Waals surface area contributed by atoms with Crippen molar-refractivity contribution in [3.63, 3.8) is 0 Å². The van der Waals surface area contributed by atoms with Gasteiger partial charge in [-0.25, -0.2) is 4.99 Å².